The van der Waals surface area contributed by atoms with E-state index in [-0.39, 0.29) is 13.0 Å². The van der Waals surface area contributed by atoms with Gasteiger partial charge >= 0.3 is 5.69 Å². The normalized spacial score (nSPS) is 28.5. The minimum Gasteiger partial charge on any atom is -0.394 e. The predicted molar refractivity (Wildman–Crippen MR) is 54.9 cm³/mol. The second-order valence-corrected chi connectivity index (χ2v) is 3.85. The third kappa shape index (κ3) is 2.14. The summed E-state index contributed by atoms with van der Waals surface area (Å²) in [5, 5.41) is 8.94. The molecule has 8 heteroatoms. The summed E-state index contributed by atoms with van der Waals surface area (Å²) in [5.74, 6) is -1.07. The zero-order valence-corrected chi connectivity index (χ0v) is 8.80. The number of ether oxygens (including phenoxy) is 1. The molecule has 17 heavy (non-hydrogen) atoms. The third-order valence-electron chi connectivity index (χ3n) is 2.70. The molecule has 0 unspecified atom stereocenters. The minimum atomic E-state index is -1.08. The Kier molecular flexibility index (Phi) is 3.09. The number of nitrogens with zero attached hydrogens (tertiary/aromatic N) is 1. The van der Waals surface area contributed by atoms with E-state index in [9.17, 15) is 14.0 Å². The molecule has 1 aliphatic rings. The zero-order chi connectivity index (χ0) is 12.6. The predicted octanol–water partition coefficient (Wildman–Crippen LogP) is -1.72. The van der Waals surface area contributed by atoms with E-state index in [4.69, 9.17) is 15.6 Å². The molecule has 0 amide bonds. The number of aliphatic hydroxyl groups is 1. The number of rotatable bonds is 2. The van der Waals surface area contributed by atoms with Gasteiger partial charge in [0, 0.05) is 12.5 Å². The van der Waals surface area contributed by atoms with Crippen LogP contribution in [0, 0.1) is 5.82 Å². The lowest BCUT2D eigenvalue weighted by Crippen LogP contribution is -2.34. The van der Waals surface area contributed by atoms with Gasteiger partial charge in [0.15, 0.2) is 0 Å². The lowest BCUT2D eigenvalue weighted by atomic mass is 10.1. The van der Waals surface area contributed by atoms with Gasteiger partial charge in [-0.3, -0.25) is 14.3 Å². The van der Waals surface area contributed by atoms with Gasteiger partial charge in [-0.15, -0.1) is 0 Å². The Balaban J connectivity index is 2.34. The fraction of sp³-hybridized carbons (Fsp3) is 0.556. The summed E-state index contributed by atoms with van der Waals surface area (Å²) in [6.45, 7) is -0.280. The maximum atomic E-state index is 13.0. The average Bonchev–Trinajstić information content (AvgIpc) is 2.65. The molecule has 0 aliphatic carbocycles. The van der Waals surface area contributed by atoms with E-state index in [2.05, 4.69) is 0 Å². The summed E-state index contributed by atoms with van der Waals surface area (Å²) < 4.78 is 19.3. The van der Waals surface area contributed by atoms with Gasteiger partial charge in [-0.25, -0.2) is 4.79 Å². The molecule has 3 atom stereocenters. The fourth-order valence-corrected chi connectivity index (χ4v) is 1.78. The van der Waals surface area contributed by atoms with Gasteiger partial charge in [0.05, 0.1) is 18.9 Å². The highest BCUT2D eigenvalue weighted by Gasteiger charge is 2.33. The molecule has 1 saturated heterocycles. The zero-order valence-electron chi connectivity index (χ0n) is 8.80. The Morgan fingerprint density at radius 1 is 1.65 bits per heavy atom. The molecule has 2 rings (SSSR count). The highest BCUT2D eigenvalue weighted by Crippen LogP contribution is 2.25. The Labute approximate surface area is 94.6 Å². The summed E-state index contributed by atoms with van der Waals surface area (Å²) in [7, 11) is 0. The standard InChI is InChI=1S/C9H12FN3O4/c10-4-2-13(9(16)12-8(4)15)7-1-5(11)6(3-14)17-7/h2,5-7,14H,1,3,11H2,(H,12,15,16)/t5-,6+,7+/m0/s1. The molecule has 1 aromatic rings. The fourth-order valence-electron chi connectivity index (χ4n) is 1.78. The molecule has 94 valence electrons. The summed E-state index contributed by atoms with van der Waals surface area (Å²) in [6.07, 6.45) is -0.336. The van der Waals surface area contributed by atoms with Crippen molar-refractivity contribution in [2.24, 2.45) is 5.73 Å². The van der Waals surface area contributed by atoms with Crippen LogP contribution >= 0.6 is 0 Å². The smallest absolute Gasteiger partial charge is 0.330 e. The molecule has 1 aromatic heterocycles. The van der Waals surface area contributed by atoms with Gasteiger partial charge < -0.3 is 15.6 Å². The van der Waals surface area contributed by atoms with Crippen molar-refractivity contribution in [3.05, 3.63) is 32.9 Å². The van der Waals surface area contributed by atoms with Crippen LogP contribution in [0.4, 0.5) is 4.39 Å². The largest absolute Gasteiger partial charge is 0.394 e. The van der Waals surface area contributed by atoms with Gasteiger partial charge in [0.1, 0.15) is 6.23 Å². The van der Waals surface area contributed by atoms with E-state index in [1.54, 1.807) is 0 Å². The van der Waals surface area contributed by atoms with Gasteiger partial charge in [-0.05, 0) is 0 Å². The summed E-state index contributed by atoms with van der Waals surface area (Å²) in [6, 6.07) is -0.438. The lowest BCUT2D eigenvalue weighted by molar-refractivity contribution is -0.0275. The van der Waals surface area contributed by atoms with Crippen molar-refractivity contribution in [3.63, 3.8) is 0 Å². The second-order valence-electron chi connectivity index (χ2n) is 3.85. The van der Waals surface area contributed by atoms with E-state index >= 15 is 0 Å². The topological polar surface area (TPSA) is 110 Å². The minimum absolute atomic E-state index is 0.261. The Morgan fingerprint density at radius 2 is 2.35 bits per heavy atom. The van der Waals surface area contributed by atoms with Crippen LogP contribution in [0.25, 0.3) is 0 Å². The van der Waals surface area contributed by atoms with E-state index in [1.165, 1.54) is 0 Å². The van der Waals surface area contributed by atoms with Crippen molar-refractivity contribution >= 4 is 0 Å². The number of hydrogen-bond acceptors (Lipinski definition) is 5. The van der Waals surface area contributed by atoms with Crippen molar-refractivity contribution < 1.29 is 14.2 Å². The van der Waals surface area contributed by atoms with Crippen LogP contribution in [0.2, 0.25) is 0 Å². The molecule has 0 bridgehead atoms. The molecule has 0 aromatic carbocycles. The summed E-state index contributed by atoms with van der Waals surface area (Å²) >= 11 is 0. The number of halogens is 1. The number of nitrogens with one attached hydrogen (secondary N) is 1. The second kappa shape index (κ2) is 4.40. The van der Waals surface area contributed by atoms with Crippen LogP contribution < -0.4 is 17.0 Å². The van der Waals surface area contributed by atoms with Crippen LogP contribution in [0.3, 0.4) is 0 Å². The Bertz CT molecular complexity index is 526. The number of aromatic amines is 1. The van der Waals surface area contributed by atoms with E-state index in [0.717, 1.165) is 10.8 Å². The maximum Gasteiger partial charge on any atom is 0.330 e. The third-order valence-corrected chi connectivity index (χ3v) is 2.70. The number of H-pyrrole nitrogens is 1. The molecule has 1 aliphatic heterocycles. The van der Waals surface area contributed by atoms with Crippen molar-refractivity contribution in [1.29, 1.82) is 0 Å². The van der Waals surface area contributed by atoms with E-state index < -0.39 is 35.4 Å². The molecular formula is C9H12FN3O4. The first-order valence-electron chi connectivity index (χ1n) is 5.05. The molecule has 0 saturated carbocycles. The van der Waals surface area contributed by atoms with Gasteiger partial charge in [0.2, 0.25) is 5.82 Å². The summed E-state index contributed by atoms with van der Waals surface area (Å²) in [5.41, 5.74) is 3.82. The first-order valence-corrected chi connectivity index (χ1v) is 5.05. The summed E-state index contributed by atoms with van der Waals surface area (Å²) in [4.78, 5) is 24.1. The monoisotopic (exact) mass is 245 g/mol. The van der Waals surface area contributed by atoms with Crippen molar-refractivity contribution in [3.8, 4) is 0 Å². The first-order chi connectivity index (χ1) is 8.02. The molecule has 0 spiro atoms. The van der Waals surface area contributed by atoms with Gasteiger partial charge in [-0.2, -0.15) is 4.39 Å². The van der Waals surface area contributed by atoms with Crippen LogP contribution in [0.1, 0.15) is 12.6 Å². The highest BCUT2D eigenvalue weighted by molar-refractivity contribution is 4.91. The van der Waals surface area contributed by atoms with Gasteiger partial charge in [0.25, 0.3) is 5.56 Å². The number of nitrogens with two attached hydrogens (primary N) is 1. The molecule has 1 fully saturated rings. The maximum absolute atomic E-state index is 13.0. The van der Waals surface area contributed by atoms with Crippen LogP contribution in [0.15, 0.2) is 15.8 Å². The van der Waals surface area contributed by atoms with Gasteiger partial charge in [-0.1, -0.05) is 0 Å². The quantitative estimate of drug-likeness (QED) is 0.574. The number of aliphatic hydroxyl groups excluding tert-OH is 1. The molecule has 7 nitrogen and oxygen atoms in total. The Morgan fingerprint density at radius 3 is 2.94 bits per heavy atom. The van der Waals surface area contributed by atoms with E-state index in [1.807, 2.05) is 4.98 Å². The van der Waals surface area contributed by atoms with Crippen molar-refractivity contribution in [1.82, 2.24) is 9.55 Å². The molecular weight excluding hydrogens is 233 g/mol. The van der Waals surface area contributed by atoms with Crippen molar-refractivity contribution in [2.75, 3.05) is 6.61 Å². The lowest BCUT2D eigenvalue weighted by Gasteiger charge is -2.14. The first kappa shape index (κ1) is 12.0. The molecule has 0 radical (unpaired) electrons. The molecule has 2 heterocycles. The highest BCUT2D eigenvalue weighted by atomic mass is 19.1. The number of aromatic nitrogens is 2. The van der Waals surface area contributed by atoms with Crippen molar-refractivity contribution in [2.45, 2.75) is 24.8 Å². The number of hydrogen-bond donors (Lipinski definition) is 3. The van der Waals surface area contributed by atoms with E-state index in [0.29, 0.717) is 0 Å². The van der Waals surface area contributed by atoms with Crippen LogP contribution in [0.5, 0.6) is 0 Å². The van der Waals surface area contributed by atoms with Crippen LogP contribution in [-0.4, -0.2) is 33.4 Å². The Hall–Kier alpha value is -1.51. The SMILES string of the molecule is N[C@H]1C[C@H](n2cc(F)c(=O)[nH]c2=O)O[C@@H]1CO. The molecule has 4 N–H and O–H groups in total. The average molecular weight is 245 g/mol. The van der Waals surface area contributed by atoms with Crippen LogP contribution in [-0.2, 0) is 4.74 Å².